The fraction of sp³-hybridized carbons (Fsp3) is 0.261. The van der Waals surface area contributed by atoms with Crippen molar-refractivity contribution >= 4 is 45.4 Å². The summed E-state index contributed by atoms with van der Waals surface area (Å²) in [5.74, 6) is -0.0747. The largest absolute Gasteiger partial charge is 0.423 e. The molecular weight excluding hydrogens is 453 g/mol. The zero-order chi connectivity index (χ0) is 22.5. The topological polar surface area (TPSA) is 80.8 Å². The second kappa shape index (κ2) is 10.3. The van der Waals surface area contributed by atoms with Gasteiger partial charge in [0.2, 0.25) is 0 Å². The van der Waals surface area contributed by atoms with E-state index in [2.05, 4.69) is 10.3 Å². The quantitative estimate of drug-likeness (QED) is 0.183. The first kappa shape index (κ1) is 22.5. The van der Waals surface area contributed by atoms with Gasteiger partial charge in [-0.15, -0.1) is 0 Å². The molecule has 1 saturated heterocycles. The van der Waals surface area contributed by atoms with Gasteiger partial charge in [-0.2, -0.15) is 0 Å². The molecule has 32 heavy (non-hydrogen) atoms. The average Bonchev–Trinajstić information content (AvgIpc) is 2.82. The maximum atomic E-state index is 12.7. The number of nitrogens with one attached hydrogen (secondary N) is 1. The molecule has 0 radical (unpaired) electrons. The minimum Gasteiger partial charge on any atom is -0.423 e. The molecule has 3 aromatic rings. The number of carbonyl (C=O) groups excluding carboxylic acids is 2. The van der Waals surface area contributed by atoms with E-state index in [1.54, 1.807) is 24.4 Å². The summed E-state index contributed by atoms with van der Waals surface area (Å²) in [6, 6.07) is 15.6. The number of hydroxylamine groups is 2. The van der Waals surface area contributed by atoms with Gasteiger partial charge in [-0.3, -0.25) is 14.6 Å². The number of hydrogen-bond donors (Lipinski definition) is 1. The van der Waals surface area contributed by atoms with E-state index < -0.39 is 17.4 Å². The van der Waals surface area contributed by atoms with Crippen LogP contribution in [0.4, 0.5) is 4.79 Å². The van der Waals surface area contributed by atoms with Crippen molar-refractivity contribution < 1.29 is 19.2 Å². The van der Waals surface area contributed by atoms with Crippen molar-refractivity contribution in [1.29, 1.82) is 0 Å². The first-order chi connectivity index (χ1) is 15.5. The molecule has 4 rings (SSSR count). The molecule has 166 valence electrons. The predicted molar refractivity (Wildman–Crippen MR) is 122 cm³/mol. The second-order valence-corrected chi connectivity index (χ2v) is 8.13. The van der Waals surface area contributed by atoms with Crippen molar-refractivity contribution in [3.8, 4) is 5.75 Å². The number of amides is 1. The summed E-state index contributed by atoms with van der Waals surface area (Å²) in [6.45, 7) is 0.560. The highest BCUT2D eigenvalue weighted by Crippen LogP contribution is 2.30. The summed E-state index contributed by atoms with van der Waals surface area (Å²) >= 11 is 11.9. The van der Waals surface area contributed by atoms with Gasteiger partial charge in [0, 0.05) is 18.1 Å². The molecule has 1 amide bonds. The minimum absolute atomic E-state index is 0.220. The Morgan fingerprint density at radius 1 is 1.09 bits per heavy atom. The number of nitrogens with zero attached hydrogens (tertiary/aromatic N) is 2. The SMILES string of the molecule is O=C(Oc1ccc(Cl)c2cccnc12)[C@@H]1CC[C@@H](N(OCc2ccccc2)C(=O)Cl)CN1. The first-order valence-electron chi connectivity index (χ1n) is 10.2. The van der Waals surface area contributed by atoms with E-state index in [9.17, 15) is 9.59 Å². The molecular formula is C23H21Cl2N3O4. The summed E-state index contributed by atoms with van der Waals surface area (Å²) in [5, 5.41) is 4.84. The number of aromatic nitrogens is 1. The third-order valence-electron chi connectivity index (χ3n) is 5.28. The normalized spacial score (nSPS) is 18.3. The third kappa shape index (κ3) is 5.19. The Hall–Kier alpha value is -2.71. The molecule has 0 bridgehead atoms. The number of piperidine rings is 1. The lowest BCUT2D eigenvalue weighted by Gasteiger charge is -2.34. The summed E-state index contributed by atoms with van der Waals surface area (Å²) in [6.07, 6.45) is 2.60. The number of hydrogen-bond acceptors (Lipinski definition) is 6. The zero-order valence-corrected chi connectivity index (χ0v) is 18.6. The highest BCUT2D eigenvalue weighted by molar-refractivity contribution is 6.62. The van der Waals surface area contributed by atoms with E-state index in [1.807, 2.05) is 36.4 Å². The zero-order valence-electron chi connectivity index (χ0n) is 17.0. The Morgan fingerprint density at radius 3 is 2.62 bits per heavy atom. The molecule has 1 aliphatic rings. The Morgan fingerprint density at radius 2 is 1.91 bits per heavy atom. The van der Waals surface area contributed by atoms with Crippen molar-refractivity contribution in [2.75, 3.05) is 6.54 Å². The number of rotatable bonds is 6. The lowest BCUT2D eigenvalue weighted by atomic mass is 10.0. The van der Waals surface area contributed by atoms with Gasteiger partial charge >= 0.3 is 11.3 Å². The number of benzene rings is 2. The van der Waals surface area contributed by atoms with Crippen LogP contribution in [0.15, 0.2) is 60.8 Å². The summed E-state index contributed by atoms with van der Waals surface area (Å²) in [7, 11) is 0. The van der Waals surface area contributed by atoms with Crippen molar-refractivity contribution in [2.24, 2.45) is 0 Å². The summed E-state index contributed by atoms with van der Waals surface area (Å²) in [5.41, 5.74) is 1.44. The van der Waals surface area contributed by atoms with Gasteiger partial charge in [0.05, 0.1) is 11.1 Å². The van der Waals surface area contributed by atoms with Crippen LogP contribution in [0.3, 0.4) is 0 Å². The molecule has 2 aromatic carbocycles. The Bertz CT molecular complexity index is 1100. The Labute approximate surface area is 195 Å². The number of esters is 1. The summed E-state index contributed by atoms with van der Waals surface area (Å²) < 4.78 is 5.61. The lowest BCUT2D eigenvalue weighted by molar-refractivity contribution is -0.155. The summed E-state index contributed by atoms with van der Waals surface area (Å²) in [4.78, 5) is 34.6. The average molecular weight is 474 g/mol. The fourth-order valence-corrected chi connectivity index (χ4v) is 4.04. The molecule has 0 spiro atoms. The van der Waals surface area contributed by atoms with E-state index in [4.69, 9.17) is 32.8 Å². The predicted octanol–water partition coefficient (Wildman–Crippen LogP) is 4.71. The fourth-order valence-electron chi connectivity index (χ4n) is 3.63. The van der Waals surface area contributed by atoms with Gasteiger partial charge < -0.3 is 10.1 Å². The molecule has 1 N–H and O–H groups in total. The van der Waals surface area contributed by atoms with Crippen LogP contribution in [0.2, 0.25) is 5.02 Å². The standard InChI is InChI=1S/C23H21Cl2N3O4/c24-18-9-11-20(21-17(18)7-4-12-26-21)32-22(29)19-10-8-16(13-27-19)28(23(25)30)31-14-15-5-2-1-3-6-15/h1-7,9,11-12,16,19,27H,8,10,13-14H2/t16-,19+/m1/s1. The lowest BCUT2D eigenvalue weighted by Crippen LogP contribution is -2.53. The monoisotopic (exact) mass is 473 g/mol. The van der Waals surface area contributed by atoms with Crippen LogP contribution in [0.5, 0.6) is 5.75 Å². The van der Waals surface area contributed by atoms with Gasteiger partial charge in [-0.1, -0.05) is 41.9 Å². The highest BCUT2D eigenvalue weighted by Gasteiger charge is 2.33. The van der Waals surface area contributed by atoms with Crippen molar-refractivity contribution in [1.82, 2.24) is 15.4 Å². The minimum atomic E-state index is -0.701. The molecule has 0 unspecified atom stereocenters. The number of halogens is 2. The van der Waals surface area contributed by atoms with E-state index in [1.165, 1.54) is 5.06 Å². The maximum Gasteiger partial charge on any atom is 0.340 e. The van der Waals surface area contributed by atoms with Gasteiger partial charge in [0.15, 0.2) is 5.75 Å². The van der Waals surface area contributed by atoms with Crippen LogP contribution in [0, 0.1) is 0 Å². The molecule has 7 nitrogen and oxygen atoms in total. The van der Waals surface area contributed by atoms with Crippen LogP contribution in [-0.2, 0) is 16.2 Å². The molecule has 1 fully saturated rings. The number of fused-ring (bicyclic) bond motifs is 1. The maximum absolute atomic E-state index is 12.7. The van der Waals surface area contributed by atoms with Crippen LogP contribution in [0.1, 0.15) is 18.4 Å². The Kier molecular flexibility index (Phi) is 7.22. The van der Waals surface area contributed by atoms with Gasteiger partial charge in [-0.05, 0) is 54.3 Å². The molecule has 2 atom stereocenters. The number of ether oxygens (including phenoxy) is 1. The number of pyridine rings is 1. The molecule has 1 aliphatic heterocycles. The number of carbonyl (C=O) groups is 2. The van der Waals surface area contributed by atoms with Crippen molar-refractivity contribution in [3.05, 3.63) is 71.4 Å². The van der Waals surface area contributed by atoms with E-state index in [0.717, 1.165) is 5.56 Å². The van der Waals surface area contributed by atoms with Gasteiger partial charge in [0.1, 0.15) is 18.2 Å². The molecule has 2 heterocycles. The molecule has 0 saturated carbocycles. The van der Waals surface area contributed by atoms with Crippen LogP contribution < -0.4 is 10.1 Å². The second-order valence-electron chi connectivity index (χ2n) is 7.40. The van der Waals surface area contributed by atoms with E-state index in [0.29, 0.717) is 41.1 Å². The van der Waals surface area contributed by atoms with Crippen molar-refractivity contribution in [2.45, 2.75) is 31.5 Å². The Balaban J connectivity index is 1.36. The third-order valence-corrected chi connectivity index (χ3v) is 5.78. The van der Waals surface area contributed by atoms with Crippen LogP contribution in [0.25, 0.3) is 10.9 Å². The highest BCUT2D eigenvalue weighted by atomic mass is 35.5. The van der Waals surface area contributed by atoms with Gasteiger partial charge in [0.25, 0.3) is 0 Å². The van der Waals surface area contributed by atoms with Crippen molar-refractivity contribution in [3.63, 3.8) is 0 Å². The van der Waals surface area contributed by atoms with Gasteiger partial charge in [-0.25, -0.2) is 9.86 Å². The van der Waals surface area contributed by atoms with E-state index in [-0.39, 0.29) is 12.6 Å². The van der Waals surface area contributed by atoms with E-state index >= 15 is 0 Å². The molecule has 1 aromatic heterocycles. The van der Waals surface area contributed by atoms with Crippen LogP contribution >= 0.6 is 23.2 Å². The molecule has 9 heteroatoms. The smallest absolute Gasteiger partial charge is 0.340 e. The molecule has 0 aliphatic carbocycles. The van der Waals surface area contributed by atoms with Crippen LogP contribution in [-0.4, -0.2) is 40.0 Å². The first-order valence-corrected chi connectivity index (χ1v) is 10.9.